The van der Waals surface area contributed by atoms with Gasteiger partial charge in [-0.25, -0.2) is 13.8 Å². The van der Waals surface area contributed by atoms with E-state index in [-0.39, 0.29) is 23.9 Å². The minimum absolute atomic E-state index is 0.0303. The van der Waals surface area contributed by atoms with Crippen LogP contribution < -0.4 is 4.90 Å². The number of fused-ring (bicyclic) bond motifs is 1. The molecule has 1 saturated carbocycles. The highest BCUT2D eigenvalue weighted by atomic mass is 32.1. The van der Waals surface area contributed by atoms with E-state index in [1.54, 1.807) is 17.2 Å². The molecule has 0 N–H and O–H groups in total. The topological polar surface area (TPSA) is 46.1 Å². The Balaban J connectivity index is 1.74. The number of hydrogen-bond donors (Lipinski definition) is 0. The summed E-state index contributed by atoms with van der Waals surface area (Å²) in [5.41, 5.74) is 0.815. The molecule has 25 heavy (non-hydrogen) atoms. The lowest BCUT2D eigenvalue weighted by Crippen LogP contribution is -2.38. The second-order valence-electron chi connectivity index (χ2n) is 6.10. The van der Waals surface area contributed by atoms with Crippen molar-refractivity contribution < 1.29 is 13.6 Å². The van der Waals surface area contributed by atoms with Crippen LogP contribution in [0.2, 0.25) is 0 Å². The van der Waals surface area contributed by atoms with E-state index in [0.29, 0.717) is 9.83 Å². The number of rotatable bonds is 4. The average Bonchev–Trinajstić information content (AvgIpc) is 2.95. The largest absolute Gasteiger partial charge is 0.282 e. The summed E-state index contributed by atoms with van der Waals surface area (Å²) in [5.74, 6) is -1.43. The third-order valence-electron chi connectivity index (χ3n) is 4.40. The molecule has 0 bridgehead atoms. The van der Waals surface area contributed by atoms with Crippen molar-refractivity contribution in [1.29, 1.82) is 0 Å². The molecule has 1 aliphatic carbocycles. The standard InChI is InChI=1S/C18H15F2N3OS/c19-12-8-14(20)16-15(9-12)25-18(22-16)23(17(24)11-4-3-5-11)10-13-6-1-2-7-21-13/h1-2,6-9,11H,3-5,10H2. The minimum Gasteiger partial charge on any atom is -0.282 e. The fourth-order valence-corrected chi connectivity index (χ4v) is 3.84. The number of benzene rings is 1. The maximum atomic E-state index is 14.0. The Hall–Kier alpha value is -2.41. The second kappa shape index (κ2) is 6.48. The second-order valence-corrected chi connectivity index (χ2v) is 7.11. The molecule has 1 fully saturated rings. The highest BCUT2D eigenvalue weighted by molar-refractivity contribution is 7.22. The molecule has 4 nitrogen and oxygen atoms in total. The zero-order valence-electron chi connectivity index (χ0n) is 13.3. The maximum absolute atomic E-state index is 14.0. The zero-order valence-corrected chi connectivity index (χ0v) is 14.1. The van der Waals surface area contributed by atoms with E-state index in [4.69, 9.17) is 0 Å². The predicted molar refractivity (Wildman–Crippen MR) is 92.3 cm³/mol. The van der Waals surface area contributed by atoms with Gasteiger partial charge in [0.25, 0.3) is 0 Å². The SMILES string of the molecule is O=C(C1CCC1)N(Cc1ccccn1)c1nc2c(F)cc(F)cc2s1. The fraction of sp³-hybridized carbons (Fsp3) is 0.278. The van der Waals surface area contributed by atoms with E-state index in [0.717, 1.165) is 42.4 Å². The summed E-state index contributed by atoms with van der Waals surface area (Å²) in [6.45, 7) is 0.264. The van der Waals surface area contributed by atoms with Crippen LogP contribution in [0.3, 0.4) is 0 Å². The number of thiazole rings is 1. The predicted octanol–water partition coefficient (Wildman–Crippen LogP) is 4.30. The summed E-state index contributed by atoms with van der Waals surface area (Å²) in [7, 11) is 0. The average molecular weight is 359 g/mol. The summed E-state index contributed by atoms with van der Waals surface area (Å²) in [5, 5.41) is 0.377. The van der Waals surface area contributed by atoms with Crippen molar-refractivity contribution in [1.82, 2.24) is 9.97 Å². The van der Waals surface area contributed by atoms with Crippen LogP contribution in [0.4, 0.5) is 13.9 Å². The summed E-state index contributed by atoms with van der Waals surface area (Å²) < 4.78 is 27.8. The molecule has 7 heteroatoms. The smallest absolute Gasteiger partial charge is 0.232 e. The molecule has 4 rings (SSSR count). The van der Waals surface area contributed by atoms with Crippen LogP contribution in [0.5, 0.6) is 0 Å². The Morgan fingerprint density at radius 2 is 2.12 bits per heavy atom. The lowest BCUT2D eigenvalue weighted by Gasteiger charge is -2.30. The summed E-state index contributed by atoms with van der Waals surface area (Å²) in [6.07, 6.45) is 4.40. The molecule has 2 aromatic heterocycles. The number of amides is 1. The number of carbonyl (C=O) groups is 1. The molecule has 2 heterocycles. The van der Waals surface area contributed by atoms with E-state index < -0.39 is 11.6 Å². The molecular formula is C18H15F2N3OS. The minimum atomic E-state index is -0.716. The van der Waals surface area contributed by atoms with Gasteiger partial charge < -0.3 is 0 Å². The van der Waals surface area contributed by atoms with Crippen molar-refractivity contribution in [3.05, 3.63) is 53.9 Å². The number of halogens is 2. The highest BCUT2D eigenvalue weighted by Crippen LogP contribution is 2.35. The molecule has 1 aliphatic rings. The van der Waals surface area contributed by atoms with Crippen molar-refractivity contribution in [2.75, 3.05) is 4.90 Å². The Labute approximate surface area is 147 Å². The quantitative estimate of drug-likeness (QED) is 0.698. The summed E-state index contributed by atoms with van der Waals surface area (Å²) in [4.78, 5) is 22.9. The van der Waals surface area contributed by atoms with Crippen LogP contribution in [0.25, 0.3) is 10.2 Å². The van der Waals surface area contributed by atoms with Crippen molar-refractivity contribution in [3.63, 3.8) is 0 Å². The van der Waals surface area contributed by atoms with Crippen LogP contribution in [0, 0.1) is 17.6 Å². The van der Waals surface area contributed by atoms with Crippen LogP contribution in [-0.4, -0.2) is 15.9 Å². The lowest BCUT2D eigenvalue weighted by molar-refractivity contribution is -0.124. The van der Waals surface area contributed by atoms with Gasteiger partial charge in [0.1, 0.15) is 11.3 Å². The molecular weight excluding hydrogens is 344 g/mol. The molecule has 128 valence electrons. The van der Waals surface area contributed by atoms with Crippen LogP contribution >= 0.6 is 11.3 Å². The number of carbonyl (C=O) groups excluding carboxylic acids is 1. The number of nitrogens with zero attached hydrogens (tertiary/aromatic N) is 3. The number of pyridine rings is 1. The normalized spacial score (nSPS) is 14.5. The van der Waals surface area contributed by atoms with Crippen molar-refractivity contribution in [2.45, 2.75) is 25.8 Å². The van der Waals surface area contributed by atoms with Crippen LogP contribution in [0.15, 0.2) is 36.5 Å². The zero-order chi connectivity index (χ0) is 17.4. The molecule has 1 amide bonds. The Morgan fingerprint density at radius 1 is 1.28 bits per heavy atom. The molecule has 0 unspecified atom stereocenters. The first kappa shape index (κ1) is 16.1. The monoisotopic (exact) mass is 359 g/mol. The maximum Gasteiger partial charge on any atom is 0.232 e. The van der Waals surface area contributed by atoms with Crippen molar-refractivity contribution in [2.24, 2.45) is 5.92 Å². The molecule has 1 aromatic carbocycles. The first-order valence-electron chi connectivity index (χ1n) is 8.08. The first-order valence-corrected chi connectivity index (χ1v) is 8.90. The molecule has 0 radical (unpaired) electrons. The van der Waals surface area contributed by atoms with Gasteiger partial charge in [0, 0.05) is 18.2 Å². The van der Waals surface area contributed by atoms with Crippen LogP contribution in [-0.2, 0) is 11.3 Å². The third-order valence-corrected chi connectivity index (χ3v) is 5.42. The fourth-order valence-electron chi connectivity index (χ4n) is 2.83. The van der Waals surface area contributed by atoms with E-state index >= 15 is 0 Å². The third kappa shape index (κ3) is 3.11. The number of hydrogen-bond acceptors (Lipinski definition) is 4. The van der Waals surface area contributed by atoms with E-state index in [9.17, 15) is 13.6 Å². The van der Waals surface area contributed by atoms with Gasteiger partial charge in [-0.2, -0.15) is 0 Å². The van der Waals surface area contributed by atoms with Crippen LogP contribution in [0.1, 0.15) is 25.0 Å². The van der Waals surface area contributed by atoms with E-state index in [1.807, 2.05) is 12.1 Å². The first-order chi connectivity index (χ1) is 12.1. The Bertz CT molecular complexity index is 925. The number of aromatic nitrogens is 2. The highest BCUT2D eigenvalue weighted by Gasteiger charge is 2.32. The molecule has 3 aromatic rings. The van der Waals surface area contributed by atoms with E-state index in [1.165, 1.54) is 6.07 Å². The van der Waals surface area contributed by atoms with E-state index in [2.05, 4.69) is 9.97 Å². The summed E-state index contributed by atoms with van der Waals surface area (Å²) in [6, 6.07) is 7.53. The van der Waals surface area contributed by atoms with Gasteiger partial charge in [-0.15, -0.1) is 0 Å². The summed E-state index contributed by atoms with van der Waals surface area (Å²) >= 11 is 1.12. The molecule has 0 atom stereocenters. The van der Waals surface area contributed by atoms with Gasteiger partial charge >= 0.3 is 0 Å². The van der Waals surface area contributed by atoms with Gasteiger partial charge in [0.2, 0.25) is 5.91 Å². The Morgan fingerprint density at radius 3 is 2.80 bits per heavy atom. The van der Waals surface area contributed by atoms with Gasteiger partial charge in [0.05, 0.1) is 16.9 Å². The Kier molecular flexibility index (Phi) is 4.17. The van der Waals surface area contributed by atoms with Crippen molar-refractivity contribution >= 4 is 32.6 Å². The van der Waals surface area contributed by atoms with Gasteiger partial charge in [0.15, 0.2) is 10.9 Å². The molecule has 0 aliphatic heterocycles. The van der Waals surface area contributed by atoms with Gasteiger partial charge in [-0.3, -0.25) is 14.7 Å². The van der Waals surface area contributed by atoms with Gasteiger partial charge in [-0.05, 0) is 31.0 Å². The molecule has 0 spiro atoms. The van der Waals surface area contributed by atoms with Gasteiger partial charge in [-0.1, -0.05) is 23.8 Å². The lowest BCUT2D eigenvalue weighted by atomic mass is 9.84. The molecule has 0 saturated heterocycles. The van der Waals surface area contributed by atoms with Crippen molar-refractivity contribution in [3.8, 4) is 0 Å². The number of anilines is 1.